The summed E-state index contributed by atoms with van der Waals surface area (Å²) in [7, 11) is 0. The first-order chi connectivity index (χ1) is 10.7. The number of amides is 1. The molecule has 3 aromatic rings. The summed E-state index contributed by atoms with van der Waals surface area (Å²) in [5.41, 5.74) is 1.24. The molecule has 7 heteroatoms. The van der Waals surface area contributed by atoms with E-state index in [1.807, 2.05) is 4.90 Å². The standard InChI is InChI=1S/C15H14ClN5O/c16-10-3-7-21-11(8-10)9-12(19-21)15(22)20-6-1-2-13(20)14-17-4-5-18-14/h3-5,7-9,13H,1-2,6H2,(H,17,18). The third kappa shape index (κ3) is 2.16. The van der Waals surface area contributed by atoms with E-state index < -0.39 is 0 Å². The number of hydrogen-bond acceptors (Lipinski definition) is 3. The second-order valence-corrected chi connectivity index (χ2v) is 5.81. The van der Waals surface area contributed by atoms with E-state index in [1.54, 1.807) is 41.3 Å². The average Bonchev–Trinajstić information content (AvgIpc) is 3.24. The number of likely N-dealkylation sites (tertiary alicyclic amines) is 1. The minimum absolute atomic E-state index is 0.00380. The Morgan fingerprint density at radius 3 is 3.14 bits per heavy atom. The second kappa shape index (κ2) is 5.14. The van der Waals surface area contributed by atoms with E-state index in [1.165, 1.54) is 0 Å². The Balaban J connectivity index is 1.67. The van der Waals surface area contributed by atoms with Crippen molar-refractivity contribution in [3.8, 4) is 0 Å². The van der Waals surface area contributed by atoms with Crippen LogP contribution in [0.2, 0.25) is 5.02 Å². The van der Waals surface area contributed by atoms with Gasteiger partial charge in [0.1, 0.15) is 5.82 Å². The molecule has 0 aliphatic carbocycles. The number of imidazole rings is 1. The summed E-state index contributed by atoms with van der Waals surface area (Å²) in [5, 5.41) is 4.98. The maximum Gasteiger partial charge on any atom is 0.275 e. The molecule has 4 heterocycles. The van der Waals surface area contributed by atoms with Crippen molar-refractivity contribution in [2.24, 2.45) is 0 Å². The SMILES string of the molecule is O=C(c1cc2cc(Cl)ccn2n1)N1CCCC1c1ncc[nH]1. The molecule has 4 rings (SSSR count). The smallest absolute Gasteiger partial charge is 0.275 e. The average molecular weight is 316 g/mol. The van der Waals surface area contributed by atoms with Crippen LogP contribution in [0.15, 0.2) is 36.8 Å². The Labute approximate surface area is 131 Å². The maximum absolute atomic E-state index is 12.8. The summed E-state index contributed by atoms with van der Waals surface area (Å²) in [4.78, 5) is 22.0. The normalized spacial score (nSPS) is 18.2. The van der Waals surface area contributed by atoms with Crippen LogP contribution in [0.25, 0.3) is 5.52 Å². The molecule has 1 aliphatic heterocycles. The Bertz CT molecular complexity index is 826. The molecule has 22 heavy (non-hydrogen) atoms. The molecule has 0 spiro atoms. The first-order valence-corrected chi connectivity index (χ1v) is 7.55. The van der Waals surface area contributed by atoms with Crippen LogP contribution < -0.4 is 0 Å². The number of nitrogens with one attached hydrogen (secondary N) is 1. The van der Waals surface area contributed by atoms with E-state index in [-0.39, 0.29) is 11.9 Å². The van der Waals surface area contributed by atoms with Crippen LogP contribution >= 0.6 is 11.6 Å². The molecule has 1 N–H and O–H groups in total. The third-order valence-electron chi connectivity index (χ3n) is 3.99. The van der Waals surface area contributed by atoms with Gasteiger partial charge < -0.3 is 9.88 Å². The zero-order valence-corrected chi connectivity index (χ0v) is 12.5. The summed E-state index contributed by atoms with van der Waals surface area (Å²) in [6.45, 7) is 0.721. The van der Waals surface area contributed by atoms with E-state index in [4.69, 9.17) is 11.6 Å². The van der Waals surface area contributed by atoms with Crippen molar-refractivity contribution in [2.75, 3.05) is 6.54 Å². The first-order valence-electron chi connectivity index (χ1n) is 7.17. The molecule has 112 valence electrons. The lowest BCUT2D eigenvalue weighted by molar-refractivity contribution is 0.0724. The number of hydrogen-bond donors (Lipinski definition) is 1. The summed E-state index contributed by atoms with van der Waals surface area (Å²) in [6.07, 6.45) is 7.13. The van der Waals surface area contributed by atoms with Gasteiger partial charge in [0.15, 0.2) is 5.69 Å². The fourth-order valence-electron chi connectivity index (χ4n) is 2.97. The quantitative estimate of drug-likeness (QED) is 0.790. The molecule has 1 saturated heterocycles. The molecule has 0 bridgehead atoms. The monoisotopic (exact) mass is 315 g/mol. The number of nitrogens with zero attached hydrogens (tertiary/aromatic N) is 4. The highest BCUT2D eigenvalue weighted by atomic mass is 35.5. The van der Waals surface area contributed by atoms with Crippen LogP contribution in [0, 0.1) is 0 Å². The Morgan fingerprint density at radius 1 is 1.41 bits per heavy atom. The number of halogens is 1. The summed E-state index contributed by atoms with van der Waals surface area (Å²) in [5.74, 6) is 0.761. The highest BCUT2D eigenvalue weighted by molar-refractivity contribution is 6.30. The highest BCUT2D eigenvalue weighted by Crippen LogP contribution is 2.31. The summed E-state index contributed by atoms with van der Waals surface area (Å²) < 4.78 is 1.66. The van der Waals surface area contributed by atoms with Crippen LogP contribution in [-0.4, -0.2) is 36.9 Å². The van der Waals surface area contributed by atoms with E-state index >= 15 is 0 Å². The van der Waals surface area contributed by atoms with Crippen molar-refractivity contribution in [3.05, 3.63) is 53.3 Å². The van der Waals surface area contributed by atoms with Crippen LogP contribution in [0.5, 0.6) is 0 Å². The predicted molar refractivity (Wildman–Crippen MR) is 81.8 cm³/mol. The van der Waals surface area contributed by atoms with Crippen molar-refractivity contribution in [2.45, 2.75) is 18.9 Å². The predicted octanol–water partition coefficient (Wildman–Crippen LogP) is 2.69. The molecule has 1 fully saturated rings. The van der Waals surface area contributed by atoms with Crippen LogP contribution in [0.3, 0.4) is 0 Å². The van der Waals surface area contributed by atoms with Gasteiger partial charge in [0.25, 0.3) is 5.91 Å². The third-order valence-corrected chi connectivity index (χ3v) is 4.23. The number of aromatic nitrogens is 4. The fraction of sp³-hybridized carbons (Fsp3) is 0.267. The number of H-pyrrole nitrogens is 1. The fourth-order valence-corrected chi connectivity index (χ4v) is 3.14. The van der Waals surface area contributed by atoms with Gasteiger partial charge in [-0.2, -0.15) is 5.10 Å². The van der Waals surface area contributed by atoms with Gasteiger partial charge in [-0.3, -0.25) is 4.79 Å². The topological polar surface area (TPSA) is 66.3 Å². The van der Waals surface area contributed by atoms with Crippen LogP contribution in [-0.2, 0) is 0 Å². The molecular formula is C15H14ClN5O. The molecule has 1 aliphatic rings. The molecule has 0 aromatic carbocycles. The molecular weight excluding hydrogens is 302 g/mol. The van der Waals surface area contributed by atoms with Gasteiger partial charge in [-0.05, 0) is 31.0 Å². The van der Waals surface area contributed by atoms with Crippen LogP contribution in [0.4, 0.5) is 0 Å². The van der Waals surface area contributed by atoms with E-state index in [0.717, 1.165) is 30.7 Å². The number of carbonyl (C=O) groups excluding carboxylic acids is 1. The molecule has 6 nitrogen and oxygen atoms in total. The Kier molecular flexibility index (Phi) is 3.11. The van der Waals surface area contributed by atoms with Gasteiger partial charge in [-0.15, -0.1) is 0 Å². The lowest BCUT2D eigenvalue weighted by atomic mass is 10.2. The number of carbonyl (C=O) groups is 1. The second-order valence-electron chi connectivity index (χ2n) is 5.37. The Morgan fingerprint density at radius 2 is 2.32 bits per heavy atom. The van der Waals surface area contributed by atoms with Gasteiger partial charge >= 0.3 is 0 Å². The zero-order valence-electron chi connectivity index (χ0n) is 11.7. The number of pyridine rings is 1. The number of aromatic amines is 1. The van der Waals surface area contributed by atoms with E-state index in [2.05, 4.69) is 15.1 Å². The first kappa shape index (κ1) is 13.3. The van der Waals surface area contributed by atoms with Crippen molar-refractivity contribution in [3.63, 3.8) is 0 Å². The van der Waals surface area contributed by atoms with Gasteiger partial charge in [0.05, 0.1) is 11.6 Å². The number of rotatable bonds is 2. The van der Waals surface area contributed by atoms with Crippen molar-refractivity contribution < 1.29 is 4.79 Å². The van der Waals surface area contributed by atoms with Gasteiger partial charge in [0.2, 0.25) is 0 Å². The Hall–Kier alpha value is -2.34. The van der Waals surface area contributed by atoms with E-state index in [0.29, 0.717) is 10.7 Å². The highest BCUT2D eigenvalue weighted by Gasteiger charge is 2.33. The maximum atomic E-state index is 12.8. The number of fused-ring (bicyclic) bond motifs is 1. The molecule has 1 amide bonds. The minimum Gasteiger partial charge on any atom is -0.347 e. The lowest BCUT2D eigenvalue weighted by Gasteiger charge is -2.22. The van der Waals surface area contributed by atoms with E-state index in [9.17, 15) is 4.79 Å². The minimum atomic E-state index is -0.0706. The molecule has 0 radical (unpaired) electrons. The van der Waals surface area contributed by atoms with Crippen molar-refractivity contribution in [1.29, 1.82) is 0 Å². The molecule has 3 aromatic heterocycles. The van der Waals surface area contributed by atoms with Gasteiger partial charge in [-0.25, -0.2) is 9.50 Å². The summed E-state index contributed by atoms with van der Waals surface area (Å²) in [6, 6.07) is 5.30. The lowest BCUT2D eigenvalue weighted by Crippen LogP contribution is -2.31. The van der Waals surface area contributed by atoms with Gasteiger partial charge in [-0.1, -0.05) is 11.6 Å². The van der Waals surface area contributed by atoms with Crippen molar-refractivity contribution in [1.82, 2.24) is 24.5 Å². The summed E-state index contributed by atoms with van der Waals surface area (Å²) >= 11 is 5.98. The zero-order chi connectivity index (χ0) is 15.1. The molecule has 0 saturated carbocycles. The largest absolute Gasteiger partial charge is 0.347 e. The molecule has 1 unspecified atom stereocenters. The van der Waals surface area contributed by atoms with Crippen molar-refractivity contribution >= 4 is 23.0 Å². The van der Waals surface area contributed by atoms with Gasteiger partial charge in [0, 0.05) is 30.2 Å². The molecule has 1 atom stereocenters. The van der Waals surface area contributed by atoms with Crippen LogP contribution in [0.1, 0.15) is 35.2 Å².